The Bertz CT molecular complexity index is 387. The van der Waals surface area contributed by atoms with Gasteiger partial charge in [0.05, 0.1) is 0 Å². The number of nitrogen functional groups attached to an aromatic ring is 1. The lowest BCUT2D eigenvalue weighted by molar-refractivity contribution is 0.160. The molecule has 19 heavy (non-hydrogen) atoms. The van der Waals surface area contributed by atoms with E-state index in [-0.39, 0.29) is 0 Å². The molecule has 1 atom stereocenters. The van der Waals surface area contributed by atoms with Gasteiger partial charge in [-0.3, -0.25) is 0 Å². The van der Waals surface area contributed by atoms with E-state index in [1.165, 1.54) is 25.8 Å². The Kier molecular flexibility index (Phi) is 4.96. The predicted molar refractivity (Wildman–Crippen MR) is 79.2 cm³/mol. The number of nitrogens with two attached hydrogens (primary N) is 1. The van der Waals surface area contributed by atoms with Crippen LogP contribution in [0.3, 0.4) is 0 Å². The summed E-state index contributed by atoms with van der Waals surface area (Å²) in [6.45, 7) is 7.60. The molecule has 1 aliphatic heterocycles. The second kappa shape index (κ2) is 6.70. The van der Waals surface area contributed by atoms with Crippen molar-refractivity contribution in [3.05, 3.63) is 11.8 Å². The first-order chi connectivity index (χ1) is 9.15. The van der Waals surface area contributed by atoms with E-state index in [4.69, 9.17) is 5.73 Å². The fourth-order valence-corrected chi connectivity index (χ4v) is 2.67. The molecule has 2 rings (SSSR count). The van der Waals surface area contributed by atoms with Gasteiger partial charge in [-0.15, -0.1) is 0 Å². The highest BCUT2D eigenvalue weighted by Crippen LogP contribution is 2.16. The van der Waals surface area contributed by atoms with E-state index in [0.717, 1.165) is 37.1 Å². The molecule has 0 radical (unpaired) electrons. The van der Waals surface area contributed by atoms with E-state index in [2.05, 4.69) is 27.1 Å². The van der Waals surface area contributed by atoms with Crippen molar-refractivity contribution in [3.8, 4) is 0 Å². The zero-order valence-corrected chi connectivity index (χ0v) is 12.0. The summed E-state index contributed by atoms with van der Waals surface area (Å²) in [5.74, 6) is 1.17. The minimum absolute atomic E-state index is 0.340. The minimum Gasteiger partial charge on any atom is -0.370 e. The van der Waals surface area contributed by atoms with Gasteiger partial charge in [0, 0.05) is 30.9 Å². The summed E-state index contributed by atoms with van der Waals surface area (Å²) in [6, 6.07) is 2.67. The van der Waals surface area contributed by atoms with Crippen molar-refractivity contribution in [1.29, 1.82) is 0 Å². The molecule has 3 N–H and O–H groups in total. The number of nitrogens with zero attached hydrogens (tertiary/aromatic N) is 3. The molecule has 0 saturated carbocycles. The standard InChI is InChI=1S/C14H25N5/c1-11-10-13(18-14(15)17-11)16-7-5-9-19-8-4-3-6-12(19)2/h10,12H,3-9H2,1-2H3,(H3,15,16,17,18). The highest BCUT2D eigenvalue weighted by atomic mass is 15.2. The van der Waals surface area contributed by atoms with Gasteiger partial charge in [-0.1, -0.05) is 6.42 Å². The maximum atomic E-state index is 5.63. The summed E-state index contributed by atoms with van der Waals surface area (Å²) in [6.07, 6.45) is 5.21. The average molecular weight is 263 g/mol. The van der Waals surface area contributed by atoms with Crippen LogP contribution in [0.2, 0.25) is 0 Å². The van der Waals surface area contributed by atoms with Crippen LogP contribution in [-0.4, -0.2) is 40.5 Å². The van der Waals surface area contributed by atoms with Crippen LogP contribution in [0.4, 0.5) is 11.8 Å². The van der Waals surface area contributed by atoms with Crippen LogP contribution < -0.4 is 11.1 Å². The van der Waals surface area contributed by atoms with Gasteiger partial charge in [0.2, 0.25) is 5.95 Å². The Morgan fingerprint density at radius 2 is 2.26 bits per heavy atom. The first-order valence-corrected chi connectivity index (χ1v) is 7.24. The van der Waals surface area contributed by atoms with Gasteiger partial charge in [0.1, 0.15) is 5.82 Å². The van der Waals surface area contributed by atoms with Crippen molar-refractivity contribution in [2.45, 2.75) is 45.6 Å². The van der Waals surface area contributed by atoms with E-state index in [1.54, 1.807) is 0 Å². The summed E-state index contributed by atoms with van der Waals surface area (Å²) in [5, 5.41) is 3.32. The second-order valence-electron chi connectivity index (χ2n) is 5.41. The molecule has 0 bridgehead atoms. The minimum atomic E-state index is 0.340. The van der Waals surface area contributed by atoms with Crippen LogP contribution in [0.1, 0.15) is 38.3 Å². The molecule has 5 nitrogen and oxygen atoms in total. The van der Waals surface area contributed by atoms with Crippen LogP contribution >= 0.6 is 0 Å². The number of nitrogens with one attached hydrogen (secondary N) is 1. The monoisotopic (exact) mass is 263 g/mol. The van der Waals surface area contributed by atoms with Crippen molar-refractivity contribution < 1.29 is 0 Å². The van der Waals surface area contributed by atoms with Crippen LogP contribution in [0.15, 0.2) is 6.07 Å². The van der Waals surface area contributed by atoms with Crippen molar-refractivity contribution in [1.82, 2.24) is 14.9 Å². The Morgan fingerprint density at radius 1 is 1.42 bits per heavy atom. The number of rotatable bonds is 5. The first-order valence-electron chi connectivity index (χ1n) is 7.24. The highest BCUT2D eigenvalue weighted by Gasteiger charge is 2.16. The summed E-state index contributed by atoms with van der Waals surface area (Å²) >= 11 is 0. The summed E-state index contributed by atoms with van der Waals surface area (Å²) < 4.78 is 0. The molecular formula is C14H25N5. The number of anilines is 2. The maximum absolute atomic E-state index is 5.63. The summed E-state index contributed by atoms with van der Waals surface area (Å²) in [5.41, 5.74) is 6.53. The van der Waals surface area contributed by atoms with Crippen LogP contribution in [-0.2, 0) is 0 Å². The summed E-state index contributed by atoms with van der Waals surface area (Å²) in [4.78, 5) is 10.8. The third-order valence-corrected chi connectivity index (χ3v) is 3.74. The molecule has 5 heteroatoms. The molecule has 0 spiro atoms. The van der Waals surface area contributed by atoms with E-state index < -0.39 is 0 Å². The molecule has 1 unspecified atom stereocenters. The molecule has 2 heterocycles. The largest absolute Gasteiger partial charge is 0.370 e. The van der Waals surface area contributed by atoms with Gasteiger partial charge < -0.3 is 16.0 Å². The van der Waals surface area contributed by atoms with Gasteiger partial charge >= 0.3 is 0 Å². The fraction of sp³-hybridized carbons (Fsp3) is 0.714. The number of likely N-dealkylation sites (tertiary alicyclic amines) is 1. The number of piperidine rings is 1. The Morgan fingerprint density at radius 3 is 3.00 bits per heavy atom. The maximum Gasteiger partial charge on any atom is 0.222 e. The van der Waals surface area contributed by atoms with Crippen molar-refractivity contribution in [3.63, 3.8) is 0 Å². The lowest BCUT2D eigenvalue weighted by Gasteiger charge is -2.33. The second-order valence-corrected chi connectivity index (χ2v) is 5.41. The van der Waals surface area contributed by atoms with Gasteiger partial charge in [-0.05, 0) is 39.7 Å². The van der Waals surface area contributed by atoms with Crippen molar-refractivity contribution in [2.24, 2.45) is 0 Å². The van der Waals surface area contributed by atoms with E-state index in [9.17, 15) is 0 Å². The van der Waals surface area contributed by atoms with Gasteiger partial charge in [0.25, 0.3) is 0 Å². The number of aromatic nitrogens is 2. The molecule has 1 fully saturated rings. The van der Waals surface area contributed by atoms with Crippen LogP contribution in [0.25, 0.3) is 0 Å². The smallest absolute Gasteiger partial charge is 0.222 e. The van der Waals surface area contributed by atoms with Crippen LogP contribution in [0, 0.1) is 6.92 Å². The quantitative estimate of drug-likeness (QED) is 0.796. The molecule has 0 amide bonds. The van der Waals surface area contributed by atoms with E-state index in [1.807, 2.05) is 13.0 Å². The lowest BCUT2D eigenvalue weighted by atomic mass is 10.0. The molecule has 1 aromatic rings. The summed E-state index contributed by atoms with van der Waals surface area (Å²) in [7, 11) is 0. The Hall–Kier alpha value is -1.36. The molecule has 106 valence electrons. The molecule has 0 aromatic carbocycles. The number of aryl methyl sites for hydroxylation is 1. The zero-order valence-electron chi connectivity index (χ0n) is 12.0. The average Bonchev–Trinajstić information content (AvgIpc) is 2.35. The topological polar surface area (TPSA) is 67.1 Å². The highest BCUT2D eigenvalue weighted by molar-refractivity contribution is 5.39. The molecule has 1 aliphatic rings. The van der Waals surface area contributed by atoms with E-state index in [0.29, 0.717) is 5.95 Å². The van der Waals surface area contributed by atoms with Crippen molar-refractivity contribution in [2.75, 3.05) is 30.7 Å². The first kappa shape index (κ1) is 14.1. The molecule has 1 saturated heterocycles. The Balaban J connectivity index is 1.71. The normalized spacial score (nSPS) is 20.4. The number of hydrogen-bond donors (Lipinski definition) is 2. The van der Waals surface area contributed by atoms with Gasteiger partial charge in [0.15, 0.2) is 0 Å². The van der Waals surface area contributed by atoms with Gasteiger partial charge in [-0.2, -0.15) is 4.98 Å². The van der Waals surface area contributed by atoms with Gasteiger partial charge in [-0.25, -0.2) is 4.98 Å². The predicted octanol–water partition coefficient (Wildman–Crippen LogP) is 2.04. The molecule has 1 aromatic heterocycles. The fourth-order valence-electron chi connectivity index (χ4n) is 2.67. The number of hydrogen-bond acceptors (Lipinski definition) is 5. The van der Waals surface area contributed by atoms with Crippen molar-refractivity contribution >= 4 is 11.8 Å². The third-order valence-electron chi connectivity index (χ3n) is 3.74. The third kappa shape index (κ3) is 4.35. The molecule has 0 aliphatic carbocycles. The lowest BCUT2D eigenvalue weighted by Crippen LogP contribution is -2.38. The van der Waals surface area contributed by atoms with E-state index >= 15 is 0 Å². The molecular weight excluding hydrogens is 238 g/mol. The van der Waals surface area contributed by atoms with Crippen LogP contribution in [0.5, 0.6) is 0 Å². The Labute approximate surface area is 115 Å². The SMILES string of the molecule is Cc1cc(NCCCN2CCCCC2C)nc(N)n1. The zero-order chi connectivity index (χ0) is 13.7.